The van der Waals surface area contributed by atoms with Crippen LogP contribution in [0.15, 0.2) is 64.8 Å². The fraction of sp³-hybridized carbons (Fsp3) is 0.516. The molecule has 1 atom stereocenters. The van der Waals surface area contributed by atoms with Crippen molar-refractivity contribution in [1.82, 2.24) is 5.32 Å². The zero-order valence-corrected chi connectivity index (χ0v) is 22.4. The molecule has 1 heterocycles. The van der Waals surface area contributed by atoms with Crippen LogP contribution in [0, 0.1) is 12.8 Å². The molecule has 1 N–H and O–H groups in total. The molecule has 0 aliphatic carbocycles. The summed E-state index contributed by atoms with van der Waals surface area (Å²) >= 11 is 0. The summed E-state index contributed by atoms with van der Waals surface area (Å²) in [6, 6.07) is 6.97. The zero-order valence-electron chi connectivity index (χ0n) is 22.4. The van der Waals surface area contributed by atoms with Gasteiger partial charge in [0.15, 0.2) is 0 Å². The Morgan fingerprint density at radius 1 is 1.12 bits per heavy atom. The van der Waals surface area contributed by atoms with Crippen molar-refractivity contribution in [3.05, 3.63) is 76.5 Å². The molecule has 0 saturated carbocycles. The minimum atomic E-state index is -0.0420. The summed E-state index contributed by atoms with van der Waals surface area (Å²) in [4.78, 5) is 5.23. The Labute approximate surface area is 203 Å². The summed E-state index contributed by atoms with van der Waals surface area (Å²) < 4.78 is 0. The fourth-order valence-electron chi connectivity index (χ4n) is 4.53. The number of dihydropyridines is 1. The monoisotopic (exact) mass is 446 g/mol. The zero-order chi connectivity index (χ0) is 24.4. The van der Waals surface area contributed by atoms with Crippen LogP contribution in [0.2, 0.25) is 0 Å². The number of aryl methyl sites for hydroxylation is 1. The maximum atomic E-state index is 5.23. The van der Waals surface area contributed by atoms with Crippen molar-refractivity contribution >= 4 is 11.4 Å². The molecule has 0 spiro atoms. The Morgan fingerprint density at radius 3 is 2.39 bits per heavy atom. The molecule has 1 unspecified atom stereocenters. The van der Waals surface area contributed by atoms with E-state index in [4.69, 9.17) is 4.99 Å². The highest BCUT2D eigenvalue weighted by molar-refractivity contribution is 5.85. The van der Waals surface area contributed by atoms with Crippen LogP contribution >= 0.6 is 0 Å². The first-order chi connectivity index (χ1) is 15.8. The minimum Gasteiger partial charge on any atom is -0.381 e. The standard InChI is InChI=1S/C31H46N2/c1-9-15-25(10-2)21-27(33-26(11-3)12-4)22-31(8,23(5)6)29-18-17-24(7)20-28(29)30-16-13-14-19-32-30/h13-18,20-21,23,32H,9-12,19,22H2,1-8H3/b25-15+,27-21-. The van der Waals surface area contributed by atoms with E-state index >= 15 is 0 Å². The number of nitrogens with one attached hydrogen (secondary N) is 1. The molecule has 1 aromatic rings. The van der Waals surface area contributed by atoms with Crippen LogP contribution in [0.5, 0.6) is 0 Å². The molecule has 0 bridgehead atoms. The smallest absolute Gasteiger partial charge is 0.0419 e. The molecule has 0 radical (unpaired) electrons. The van der Waals surface area contributed by atoms with Gasteiger partial charge in [-0.1, -0.05) is 90.0 Å². The van der Waals surface area contributed by atoms with Crippen molar-refractivity contribution in [2.24, 2.45) is 10.9 Å². The molecule has 0 saturated heterocycles. The lowest BCUT2D eigenvalue weighted by Crippen LogP contribution is -2.31. The first kappa shape index (κ1) is 26.9. The van der Waals surface area contributed by atoms with Gasteiger partial charge < -0.3 is 5.32 Å². The van der Waals surface area contributed by atoms with Gasteiger partial charge in [0, 0.05) is 34.6 Å². The Balaban J connectivity index is 2.66. The summed E-state index contributed by atoms with van der Waals surface area (Å²) in [5, 5.41) is 3.60. The topological polar surface area (TPSA) is 24.4 Å². The van der Waals surface area contributed by atoms with Crippen LogP contribution < -0.4 is 5.32 Å². The molecule has 1 aliphatic heterocycles. The number of nitrogens with zero attached hydrogens (tertiary/aromatic N) is 1. The van der Waals surface area contributed by atoms with Gasteiger partial charge in [0.2, 0.25) is 0 Å². The SMILES string of the molecule is CC/C=C(/C=C(/CC(C)(c1ccc(C)cc1C1=CC=CCN1)C(C)C)N=C(CC)CC)CC. The van der Waals surface area contributed by atoms with Crippen LogP contribution in [0.4, 0.5) is 0 Å². The van der Waals surface area contributed by atoms with Gasteiger partial charge in [-0.05, 0) is 68.7 Å². The van der Waals surface area contributed by atoms with Crippen LogP contribution in [-0.2, 0) is 5.41 Å². The van der Waals surface area contributed by atoms with E-state index in [2.05, 4.69) is 109 Å². The number of hydrogen-bond donors (Lipinski definition) is 1. The molecule has 2 heteroatoms. The molecule has 180 valence electrons. The van der Waals surface area contributed by atoms with Gasteiger partial charge in [-0.25, -0.2) is 0 Å². The second-order valence-corrected chi connectivity index (χ2v) is 9.75. The van der Waals surface area contributed by atoms with E-state index in [1.807, 2.05) is 0 Å². The van der Waals surface area contributed by atoms with Crippen molar-refractivity contribution in [3.8, 4) is 0 Å². The van der Waals surface area contributed by atoms with Gasteiger partial charge in [0.25, 0.3) is 0 Å². The van der Waals surface area contributed by atoms with Gasteiger partial charge in [-0.15, -0.1) is 0 Å². The summed E-state index contributed by atoms with van der Waals surface area (Å²) in [6.45, 7) is 19.1. The largest absolute Gasteiger partial charge is 0.381 e. The Bertz CT molecular complexity index is 934. The predicted molar refractivity (Wildman–Crippen MR) is 148 cm³/mol. The van der Waals surface area contributed by atoms with E-state index in [0.717, 1.165) is 38.6 Å². The van der Waals surface area contributed by atoms with Gasteiger partial charge in [0.05, 0.1) is 0 Å². The van der Waals surface area contributed by atoms with Gasteiger partial charge in [0.1, 0.15) is 0 Å². The Hall–Kier alpha value is -2.35. The summed E-state index contributed by atoms with van der Waals surface area (Å²) in [7, 11) is 0. The highest BCUT2D eigenvalue weighted by Gasteiger charge is 2.34. The first-order valence-corrected chi connectivity index (χ1v) is 13.0. The van der Waals surface area contributed by atoms with Crippen molar-refractivity contribution < 1.29 is 0 Å². The quantitative estimate of drug-likeness (QED) is 0.267. The Morgan fingerprint density at radius 2 is 1.85 bits per heavy atom. The maximum absolute atomic E-state index is 5.23. The van der Waals surface area contributed by atoms with Gasteiger partial charge >= 0.3 is 0 Å². The molecule has 33 heavy (non-hydrogen) atoms. The second-order valence-electron chi connectivity index (χ2n) is 9.75. The summed E-state index contributed by atoms with van der Waals surface area (Å²) in [6.07, 6.45) is 16.3. The van der Waals surface area contributed by atoms with Crippen molar-refractivity contribution in [2.45, 2.75) is 92.9 Å². The first-order valence-electron chi connectivity index (χ1n) is 13.0. The van der Waals surface area contributed by atoms with Crippen LogP contribution in [0.1, 0.15) is 97.3 Å². The average Bonchev–Trinajstić information content (AvgIpc) is 2.82. The number of benzene rings is 1. The summed E-state index contributed by atoms with van der Waals surface area (Å²) in [5.74, 6) is 0.462. The number of allylic oxidation sites excluding steroid dienone is 6. The summed E-state index contributed by atoms with van der Waals surface area (Å²) in [5.41, 5.74) is 9.09. The molecule has 0 aromatic heterocycles. The van der Waals surface area contributed by atoms with Gasteiger partial charge in [-0.2, -0.15) is 0 Å². The van der Waals surface area contributed by atoms with Crippen molar-refractivity contribution in [2.75, 3.05) is 6.54 Å². The van der Waals surface area contributed by atoms with E-state index in [1.54, 1.807) is 0 Å². The molecule has 1 aromatic carbocycles. The van der Waals surface area contributed by atoms with Crippen LogP contribution in [-0.4, -0.2) is 12.3 Å². The number of aliphatic imine (C=N–C) groups is 1. The number of rotatable bonds is 11. The lowest BCUT2D eigenvalue weighted by molar-refractivity contribution is 0.332. The van der Waals surface area contributed by atoms with Crippen molar-refractivity contribution in [3.63, 3.8) is 0 Å². The van der Waals surface area contributed by atoms with E-state index < -0.39 is 0 Å². The van der Waals surface area contributed by atoms with E-state index in [0.29, 0.717) is 5.92 Å². The third-order valence-corrected chi connectivity index (χ3v) is 7.06. The number of hydrogen-bond acceptors (Lipinski definition) is 2. The van der Waals surface area contributed by atoms with E-state index in [-0.39, 0.29) is 5.41 Å². The minimum absolute atomic E-state index is 0.0420. The van der Waals surface area contributed by atoms with Gasteiger partial charge in [-0.3, -0.25) is 4.99 Å². The van der Waals surface area contributed by atoms with Crippen molar-refractivity contribution in [1.29, 1.82) is 0 Å². The molecule has 2 rings (SSSR count). The second kappa shape index (κ2) is 12.8. The van der Waals surface area contributed by atoms with E-state index in [9.17, 15) is 0 Å². The molecule has 1 aliphatic rings. The third-order valence-electron chi connectivity index (χ3n) is 7.06. The molecular formula is C31H46N2. The average molecular weight is 447 g/mol. The van der Waals surface area contributed by atoms with Crippen LogP contribution in [0.3, 0.4) is 0 Å². The molecule has 0 amide bonds. The highest BCUT2D eigenvalue weighted by atomic mass is 14.9. The van der Waals surface area contributed by atoms with Crippen LogP contribution in [0.25, 0.3) is 5.70 Å². The van der Waals surface area contributed by atoms with E-state index in [1.165, 1.54) is 39.4 Å². The molecular weight excluding hydrogens is 400 g/mol. The third kappa shape index (κ3) is 7.06. The lowest BCUT2D eigenvalue weighted by Gasteiger charge is -2.37. The Kier molecular flexibility index (Phi) is 10.4. The molecule has 0 fully saturated rings. The normalized spacial score (nSPS) is 16.3. The predicted octanol–water partition coefficient (Wildman–Crippen LogP) is 8.69. The maximum Gasteiger partial charge on any atom is 0.0419 e. The highest BCUT2D eigenvalue weighted by Crippen LogP contribution is 2.42. The lowest BCUT2D eigenvalue weighted by atomic mass is 9.68. The fourth-order valence-corrected chi connectivity index (χ4v) is 4.53. The molecule has 2 nitrogen and oxygen atoms in total.